The minimum atomic E-state index is -0.286. The number of piperazine rings is 1. The first kappa shape index (κ1) is 26.0. The van der Waals surface area contributed by atoms with Crippen molar-refractivity contribution in [2.24, 2.45) is 0 Å². The summed E-state index contributed by atoms with van der Waals surface area (Å²) in [6.07, 6.45) is 3.70. The number of hydrogen-bond acceptors (Lipinski definition) is 7. The molecule has 2 aromatic rings. The van der Waals surface area contributed by atoms with Crippen LogP contribution in [0.4, 0.5) is 11.5 Å². The summed E-state index contributed by atoms with van der Waals surface area (Å²) < 4.78 is 2.23. The Morgan fingerprint density at radius 2 is 1.75 bits per heavy atom. The number of carbonyl (C=O) groups is 1. The Labute approximate surface area is 222 Å². The maximum absolute atomic E-state index is 13.3. The molecule has 3 heterocycles. The number of benzene rings is 1. The third-order valence-corrected chi connectivity index (χ3v) is 8.13. The highest BCUT2D eigenvalue weighted by Crippen LogP contribution is 2.36. The molecule has 9 heteroatoms. The standard InChI is InChI=1S/C27H31N5O2S2/c1-4-6-12-32-26(34)23(36-27(32)35)17-21-19(3)22(18-28)25(33)31(5-2)24(21)30-15-13-29(14-16-30)20-10-8-7-9-11-20/h7-11,17H,4-6,12-16H2,1-3H3/b23-17+. The van der Waals surface area contributed by atoms with Crippen molar-refractivity contribution in [3.8, 4) is 6.07 Å². The molecule has 1 aromatic carbocycles. The number of para-hydroxylation sites is 1. The van der Waals surface area contributed by atoms with Gasteiger partial charge in [0.1, 0.15) is 21.8 Å². The Hall–Kier alpha value is -3.09. The second-order valence-corrected chi connectivity index (χ2v) is 10.6. The molecule has 2 aliphatic rings. The van der Waals surface area contributed by atoms with Crippen molar-refractivity contribution >= 4 is 51.8 Å². The van der Waals surface area contributed by atoms with Gasteiger partial charge < -0.3 is 9.80 Å². The van der Waals surface area contributed by atoms with Gasteiger partial charge in [0.15, 0.2) is 0 Å². The molecule has 188 valence electrons. The van der Waals surface area contributed by atoms with Gasteiger partial charge in [0.2, 0.25) is 0 Å². The van der Waals surface area contributed by atoms with Crippen LogP contribution in [0.3, 0.4) is 0 Å². The first-order chi connectivity index (χ1) is 17.4. The number of amides is 1. The summed E-state index contributed by atoms with van der Waals surface area (Å²) in [4.78, 5) is 33.2. The Morgan fingerprint density at radius 3 is 2.36 bits per heavy atom. The number of carbonyl (C=O) groups excluding carboxylic acids is 1. The predicted octanol–water partition coefficient (Wildman–Crippen LogP) is 4.38. The van der Waals surface area contributed by atoms with Crippen LogP contribution in [0.1, 0.15) is 43.4 Å². The summed E-state index contributed by atoms with van der Waals surface area (Å²) in [7, 11) is 0. The molecule has 0 N–H and O–H groups in total. The summed E-state index contributed by atoms with van der Waals surface area (Å²) in [6, 6.07) is 12.4. The lowest BCUT2D eigenvalue weighted by Gasteiger charge is -2.39. The smallest absolute Gasteiger partial charge is 0.270 e. The fourth-order valence-electron chi connectivity index (χ4n) is 4.73. The molecule has 36 heavy (non-hydrogen) atoms. The van der Waals surface area contributed by atoms with Crippen LogP contribution in [-0.4, -0.2) is 52.4 Å². The number of aromatic nitrogens is 1. The number of thiocarbonyl (C=S) groups is 1. The van der Waals surface area contributed by atoms with Gasteiger partial charge in [-0.1, -0.05) is 55.5 Å². The van der Waals surface area contributed by atoms with Crippen LogP contribution in [0, 0.1) is 18.3 Å². The highest BCUT2D eigenvalue weighted by atomic mass is 32.2. The number of unbranched alkanes of at least 4 members (excludes halogenated alkanes) is 1. The summed E-state index contributed by atoms with van der Waals surface area (Å²) in [5, 5.41) is 9.79. The molecular weight excluding hydrogens is 490 g/mol. The monoisotopic (exact) mass is 521 g/mol. The van der Waals surface area contributed by atoms with Crippen LogP contribution in [0.5, 0.6) is 0 Å². The minimum Gasteiger partial charge on any atom is -0.368 e. The van der Waals surface area contributed by atoms with Crippen LogP contribution in [-0.2, 0) is 11.3 Å². The number of pyridine rings is 1. The number of nitriles is 1. The van der Waals surface area contributed by atoms with Crippen LogP contribution in [0.2, 0.25) is 0 Å². The van der Waals surface area contributed by atoms with Gasteiger partial charge >= 0.3 is 0 Å². The molecule has 4 rings (SSSR count). The van der Waals surface area contributed by atoms with Crippen molar-refractivity contribution in [2.75, 3.05) is 42.5 Å². The van der Waals surface area contributed by atoms with Crippen molar-refractivity contribution in [3.05, 3.63) is 62.3 Å². The first-order valence-electron chi connectivity index (χ1n) is 12.4. The Balaban J connectivity index is 1.75. The molecule has 0 bridgehead atoms. The van der Waals surface area contributed by atoms with Crippen LogP contribution >= 0.6 is 24.0 Å². The van der Waals surface area contributed by atoms with Crippen molar-refractivity contribution in [3.63, 3.8) is 0 Å². The fraction of sp³-hybridized carbons (Fsp3) is 0.407. The average Bonchev–Trinajstić information content (AvgIpc) is 3.16. The van der Waals surface area contributed by atoms with Gasteiger partial charge in [-0.2, -0.15) is 5.26 Å². The van der Waals surface area contributed by atoms with Gasteiger partial charge in [-0.3, -0.25) is 19.1 Å². The lowest BCUT2D eigenvalue weighted by atomic mass is 10.0. The predicted molar refractivity (Wildman–Crippen MR) is 151 cm³/mol. The van der Waals surface area contributed by atoms with Gasteiger partial charge in [0, 0.05) is 50.5 Å². The number of rotatable bonds is 7. The molecule has 1 aromatic heterocycles. The molecule has 0 aliphatic carbocycles. The van der Waals surface area contributed by atoms with E-state index in [-0.39, 0.29) is 17.0 Å². The van der Waals surface area contributed by atoms with Gasteiger partial charge in [0.25, 0.3) is 11.5 Å². The van der Waals surface area contributed by atoms with E-state index in [0.29, 0.717) is 27.9 Å². The third kappa shape index (κ3) is 4.93. The Kier molecular flexibility index (Phi) is 8.17. The number of thioether (sulfide) groups is 1. The summed E-state index contributed by atoms with van der Waals surface area (Å²) in [5.74, 6) is 0.663. The lowest BCUT2D eigenvalue weighted by molar-refractivity contribution is -0.122. The molecule has 0 spiro atoms. The molecule has 1 amide bonds. The second-order valence-electron chi connectivity index (χ2n) is 8.90. The second kappa shape index (κ2) is 11.3. The molecule has 7 nitrogen and oxygen atoms in total. The van der Waals surface area contributed by atoms with E-state index < -0.39 is 0 Å². The van der Waals surface area contributed by atoms with E-state index in [2.05, 4.69) is 34.9 Å². The maximum Gasteiger partial charge on any atom is 0.270 e. The summed E-state index contributed by atoms with van der Waals surface area (Å²) in [6.45, 7) is 9.88. The van der Waals surface area contributed by atoms with E-state index in [1.54, 1.807) is 16.4 Å². The zero-order valence-electron chi connectivity index (χ0n) is 21.0. The van der Waals surface area contributed by atoms with Crippen LogP contribution in [0.15, 0.2) is 40.0 Å². The molecule has 2 aliphatic heterocycles. The van der Waals surface area contributed by atoms with E-state index in [1.165, 1.54) is 17.4 Å². The number of anilines is 2. The van der Waals surface area contributed by atoms with E-state index in [9.17, 15) is 14.9 Å². The fourth-order valence-corrected chi connectivity index (χ4v) is 6.02. The SMILES string of the molecule is CCCCN1C(=O)/C(=C\c2c(C)c(C#N)c(=O)n(CC)c2N2CCN(c3ccccc3)CC2)SC1=S. The van der Waals surface area contributed by atoms with Crippen molar-refractivity contribution in [1.82, 2.24) is 9.47 Å². The highest BCUT2D eigenvalue weighted by molar-refractivity contribution is 8.26. The van der Waals surface area contributed by atoms with Gasteiger partial charge in [-0.05, 0) is 44.0 Å². The molecule has 0 atom stereocenters. The van der Waals surface area contributed by atoms with E-state index in [1.807, 2.05) is 31.2 Å². The zero-order valence-corrected chi connectivity index (χ0v) is 22.6. The van der Waals surface area contributed by atoms with Gasteiger partial charge in [-0.25, -0.2) is 0 Å². The third-order valence-electron chi connectivity index (χ3n) is 6.75. The van der Waals surface area contributed by atoms with Crippen molar-refractivity contribution in [2.45, 2.75) is 40.2 Å². The lowest BCUT2D eigenvalue weighted by Crippen LogP contribution is -2.48. The molecule has 2 fully saturated rings. The molecule has 2 saturated heterocycles. The minimum absolute atomic E-state index is 0.106. The molecular formula is C27H31N5O2S2. The van der Waals surface area contributed by atoms with Crippen LogP contribution < -0.4 is 15.4 Å². The van der Waals surface area contributed by atoms with E-state index in [0.717, 1.165) is 50.4 Å². The van der Waals surface area contributed by atoms with E-state index in [4.69, 9.17) is 12.2 Å². The molecule has 0 unspecified atom stereocenters. The van der Waals surface area contributed by atoms with Crippen molar-refractivity contribution < 1.29 is 4.79 Å². The quantitative estimate of drug-likeness (QED) is 0.396. The summed E-state index contributed by atoms with van der Waals surface area (Å²) in [5.41, 5.74) is 2.36. The average molecular weight is 522 g/mol. The largest absolute Gasteiger partial charge is 0.368 e. The maximum atomic E-state index is 13.3. The first-order valence-corrected chi connectivity index (χ1v) is 13.6. The normalized spacial score (nSPS) is 17.3. The van der Waals surface area contributed by atoms with Gasteiger partial charge in [0.05, 0.1) is 4.91 Å². The van der Waals surface area contributed by atoms with Crippen molar-refractivity contribution in [1.29, 1.82) is 5.26 Å². The highest BCUT2D eigenvalue weighted by Gasteiger charge is 2.33. The molecule has 0 radical (unpaired) electrons. The zero-order chi connectivity index (χ0) is 25.8. The topological polar surface area (TPSA) is 72.6 Å². The number of hydrogen-bond donors (Lipinski definition) is 0. The number of nitrogens with zero attached hydrogens (tertiary/aromatic N) is 5. The molecule has 0 saturated carbocycles. The summed E-state index contributed by atoms with van der Waals surface area (Å²) >= 11 is 6.79. The Morgan fingerprint density at radius 1 is 1.08 bits per heavy atom. The van der Waals surface area contributed by atoms with Crippen LogP contribution in [0.25, 0.3) is 6.08 Å². The van der Waals surface area contributed by atoms with Gasteiger partial charge in [-0.15, -0.1) is 0 Å². The Bertz CT molecular complexity index is 1290. The van der Waals surface area contributed by atoms with E-state index >= 15 is 0 Å².